The third-order valence-electron chi connectivity index (χ3n) is 4.63. The molecule has 28 heavy (non-hydrogen) atoms. The van der Waals surface area contributed by atoms with Crippen LogP contribution in [0.3, 0.4) is 0 Å². The summed E-state index contributed by atoms with van der Waals surface area (Å²) in [6.07, 6.45) is 3.99. The maximum atomic E-state index is 5.60. The summed E-state index contributed by atoms with van der Waals surface area (Å²) in [6, 6.07) is 8.68. The number of fused-ring (bicyclic) bond motifs is 1. The van der Waals surface area contributed by atoms with Gasteiger partial charge in [0.15, 0.2) is 10.9 Å². The van der Waals surface area contributed by atoms with Crippen LogP contribution in [0.15, 0.2) is 30.6 Å². The van der Waals surface area contributed by atoms with E-state index < -0.39 is 0 Å². The molecule has 0 bridgehead atoms. The van der Waals surface area contributed by atoms with Gasteiger partial charge in [0.2, 0.25) is 0 Å². The molecule has 1 atom stereocenters. The number of aromatic nitrogens is 2. The van der Waals surface area contributed by atoms with Crippen molar-refractivity contribution < 1.29 is 4.74 Å². The Balaban J connectivity index is 1.47. The Labute approximate surface area is 173 Å². The van der Waals surface area contributed by atoms with Crippen molar-refractivity contribution in [3.05, 3.63) is 41.7 Å². The van der Waals surface area contributed by atoms with Crippen LogP contribution in [0.4, 0.5) is 5.82 Å². The van der Waals surface area contributed by atoms with Crippen molar-refractivity contribution in [3.63, 3.8) is 0 Å². The van der Waals surface area contributed by atoms with Gasteiger partial charge in [0.25, 0.3) is 0 Å². The number of benzene rings is 1. The SMILES string of the molecule is Cc1cc(C)cc(-c2cc3ncnc(NNC(=S)NCC4CCCO4)c3s2)c1. The predicted molar refractivity (Wildman–Crippen MR) is 119 cm³/mol. The number of thiocarbonyl (C=S) groups is 1. The minimum absolute atomic E-state index is 0.239. The number of hydrazine groups is 1. The lowest BCUT2D eigenvalue weighted by Crippen LogP contribution is -2.42. The molecular formula is C20H23N5OS2. The van der Waals surface area contributed by atoms with E-state index in [1.807, 2.05) is 0 Å². The van der Waals surface area contributed by atoms with E-state index in [1.165, 1.54) is 21.6 Å². The van der Waals surface area contributed by atoms with E-state index in [-0.39, 0.29) is 6.10 Å². The van der Waals surface area contributed by atoms with E-state index in [0.29, 0.717) is 17.5 Å². The number of aryl methyl sites for hydroxylation is 2. The van der Waals surface area contributed by atoms with Crippen molar-refractivity contribution in [2.24, 2.45) is 0 Å². The highest BCUT2D eigenvalue weighted by molar-refractivity contribution is 7.80. The average Bonchev–Trinajstić information content (AvgIpc) is 3.33. The molecule has 0 radical (unpaired) electrons. The van der Waals surface area contributed by atoms with Crippen molar-refractivity contribution in [1.29, 1.82) is 0 Å². The second kappa shape index (κ2) is 8.38. The number of ether oxygens (including phenoxy) is 1. The molecule has 1 aromatic carbocycles. The zero-order valence-corrected chi connectivity index (χ0v) is 17.5. The molecule has 3 aromatic rings. The second-order valence-corrected chi connectivity index (χ2v) is 8.48. The van der Waals surface area contributed by atoms with Crippen molar-refractivity contribution >= 4 is 44.7 Å². The van der Waals surface area contributed by atoms with Crippen molar-refractivity contribution in [2.45, 2.75) is 32.8 Å². The Bertz CT molecular complexity index is 977. The van der Waals surface area contributed by atoms with Crippen molar-refractivity contribution in [2.75, 3.05) is 18.6 Å². The van der Waals surface area contributed by atoms with Gasteiger partial charge in [-0.05, 0) is 50.5 Å². The molecule has 3 heterocycles. The molecule has 1 saturated heterocycles. The van der Waals surface area contributed by atoms with Crippen LogP contribution in [0.1, 0.15) is 24.0 Å². The first-order valence-electron chi connectivity index (χ1n) is 9.33. The van der Waals surface area contributed by atoms with Gasteiger partial charge < -0.3 is 10.1 Å². The van der Waals surface area contributed by atoms with Gasteiger partial charge >= 0.3 is 0 Å². The molecule has 1 unspecified atom stereocenters. The van der Waals surface area contributed by atoms with Gasteiger partial charge in [-0.15, -0.1) is 11.3 Å². The topological polar surface area (TPSA) is 71.1 Å². The Morgan fingerprint density at radius 2 is 2.04 bits per heavy atom. The monoisotopic (exact) mass is 413 g/mol. The van der Waals surface area contributed by atoms with Gasteiger partial charge in [-0.2, -0.15) is 0 Å². The molecule has 0 aliphatic carbocycles. The summed E-state index contributed by atoms with van der Waals surface area (Å²) >= 11 is 7.01. The highest BCUT2D eigenvalue weighted by Crippen LogP contribution is 2.36. The smallest absolute Gasteiger partial charge is 0.185 e. The number of rotatable bonds is 5. The van der Waals surface area contributed by atoms with E-state index in [0.717, 1.165) is 29.7 Å². The summed E-state index contributed by atoms with van der Waals surface area (Å²) < 4.78 is 6.59. The van der Waals surface area contributed by atoms with Gasteiger partial charge in [-0.1, -0.05) is 29.3 Å². The first-order chi connectivity index (χ1) is 13.6. The maximum absolute atomic E-state index is 5.60. The fourth-order valence-corrected chi connectivity index (χ4v) is 4.55. The molecule has 1 fully saturated rings. The Morgan fingerprint density at radius 1 is 1.21 bits per heavy atom. The van der Waals surface area contributed by atoms with Crippen LogP contribution in [0, 0.1) is 13.8 Å². The molecule has 1 aliphatic rings. The lowest BCUT2D eigenvalue weighted by atomic mass is 10.1. The number of hydrogen-bond donors (Lipinski definition) is 3. The van der Waals surface area contributed by atoms with Crippen LogP contribution in [0.25, 0.3) is 20.7 Å². The summed E-state index contributed by atoms with van der Waals surface area (Å²) in [5, 5.41) is 3.70. The standard InChI is InChI=1S/C20H23N5OS2/c1-12-6-13(2)8-14(7-12)17-9-16-18(28-17)19(23-11-22-16)24-25-20(27)21-10-15-4-3-5-26-15/h6-9,11,15H,3-5,10H2,1-2H3,(H2,21,25,27)(H,22,23,24). The number of nitrogens with zero attached hydrogens (tertiary/aromatic N) is 2. The van der Waals surface area contributed by atoms with Gasteiger partial charge in [-0.25, -0.2) is 9.97 Å². The predicted octanol–water partition coefficient (Wildman–Crippen LogP) is 3.95. The number of anilines is 1. The number of hydrogen-bond acceptors (Lipinski definition) is 6. The van der Waals surface area contributed by atoms with Crippen LogP contribution >= 0.6 is 23.6 Å². The number of nitrogens with one attached hydrogen (secondary N) is 3. The number of thiophene rings is 1. The molecule has 0 amide bonds. The minimum atomic E-state index is 0.239. The average molecular weight is 414 g/mol. The lowest BCUT2D eigenvalue weighted by Gasteiger charge is -2.14. The third kappa shape index (κ3) is 4.40. The highest BCUT2D eigenvalue weighted by Gasteiger charge is 2.15. The largest absolute Gasteiger partial charge is 0.376 e. The van der Waals surface area contributed by atoms with Crippen LogP contribution in [0.5, 0.6) is 0 Å². The van der Waals surface area contributed by atoms with E-state index in [4.69, 9.17) is 17.0 Å². The molecule has 3 N–H and O–H groups in total. The molecule has 1 aliphatic heterocycles. The quantitative estimate of drug-likeness (QED) is 0.432. The highest BCUT2D eigenvalue weighted by atomic mass is 32.1. The zero-order valence-electron chi connectivity index (χ0n) is 15.9. The van der Waals surface area contributed by atoms with Gasteiger partial charge in [0.1, 0.15) is 6.33 Å². The molecule has 0 spiro atoms. The van der Waals surface area contributed by atoms with E-state index in [2.05, 4.69) is 64.2 Å². The lowest BCUT2D eigenvalue weighted by molar-refractivity contribution is 0.114. The first-order valence-corrected chi connectivity index (χ1v) is 10.6. The molecule has 2 aromatic heterocycles. The van der Waals surface area contributed by atoms with Crippen LogP contribution < -0.4 is 16.2 Å². The zero-order chi connectivity index (χ0) is 19.5. The molecular weight excluding hydrogens is 390 g/mol. The molecule has 4 rings (SSSR count). The Morgan fingerprint density at radius 3 is 2.79 bits per heavy atom. The first kappa shape index (κ1) is 19.0. The molecule has 0 saturated carbocycles. The fourth-order valence-electron chi connectivity index (χ4n) is 3.37. The molecule has 6 nitrogen and oxygen atoms in total. The van der Waals surface area contributed by atoms with Crippen molar-refractivity contribution in [1.82, 2.24) is 20.7 Å². The van der Waals surface area contributed by atoms with E-state index in [1.54, 1.807) is 17.7 Å². The summed E-state index contributed by atoms with van der Waals surface area (Å²) in [7, 11) is 0. The van der Waals surface area contributed by atoms with Crippen molar-refractivity contribution in [3.8, 4) is 10.4 Å². The maximum Gasteiger partial charge on any atom is 0.185 e. The Kier molecular flexibility index (Phi) is 5.70. The van der Waals surface area contributed by atoms with E-state index >= 15 is 0 Å². The summed E-state index contributed by atoms with van der Waals surface area (Å²) in [4.78, 5) is 9.96. The molecule has 8 heteroatoms. The third-order valence-corrected chi connectivity index (χ3v) is 6.05. The molecule has 146 valence electrons. The summed E-state index contributed by atoms with van der Waals surface area (Å²) in [6.45, 7) is 5.78. The van der Waals surface area contributed by atoms with Crippen LogP contribution in [-0.2, 0) is 4.74 Å². The minimum Gasteiger partial charge on any atom is -0.376 e. The fraction of sp³-hybridized carbons (Fsp3) is 0.350. The summed E-state index contributed by atoms with van der Waals surface area (Å²) in [5.74, 6) is 0.715. The summed E-state index contributed by atoms with van der Waals surface area (Å²) in [5.41, 5.74) is 10.7. The van der Waals surface area contributed by atoms with Gasteiger partial charge in [0, 0.05) is 18.0 Å². The normalized spacial score (nSPS) is 16.3. The van der Waals surface area contributed by atoms with E-state index in [9.17, 15) is 0 Å². The Hall–Kier alpha value is -2.29. The van der Waals surface area contributed by atoms with Gasteiger partial charge in [0.05, 0.1) is 16.3 Å². The second-order valence-electron chi connectivity index (χ2n) is 7.02. The van der Waals surface area contributed by atoms with Gasteiger partial charge in [-0.3, -0.25) is 10.9 Å². The van der Waals surface area contributed by atoms with Crippen LogP contribution in [0.2, 0.25) is 0 Å². The van der Waals surface area contributed by atoms with Crippen LogP contribution in [-0.4, -0.2) is 34.3 Å².